The van der Waals surface area contributed by atoms with Crippen LogP contribution in [0.4, 0.5) is 0 Å². The van der Waals surface area contributed by atoms with Crippen LogP contribution in [-0.4, -0.2) is 104 Å². The Morgan fingerprint density at radius 2 is 0.863 bits per heavy atom. The number of hydrogen-bond acceptors (Lipinski definition) is 14. The number of halogens is 1. The number of aromatic nitrogens is 4. The van der Waals surface area contributed by atoms with Crippen LogP contribution in [0.15, 0.2) is 187 Å². The van der Waals surface area contributed by atoms with Gasteiger partial charge in [0.25, 0.3) is 20.0 Å². The Labute approximate surface area is 478 Å². The molecule has 0 amide bonds. The molecular formula is C56H52BClN6O10S6. The largest absolute Gasteiger partial charge is 0.489 e. The highest BCUT2D eigenvalue weighted by Gasteiger charge is 2.31. The van der Waals surface area contributed by atoms with Crippen molar-refractivity contribution in [2.75, 3.05) is 26.2 Å². The molecule has 8 heterocycles. The topological polar surface area (TPSA) is 219 Å². The summed E-state index contributed by atoms with van der Waals surface area (Å²) in [6.45, 7) is 5.90. The summed E-state index contributed by atoms with van der Waals surface area (Å²) >= 11 is 9.48. The Morgan fingerprint density at radius 1 is 0.463 bits per heavy atom. The van der Waals surface area contributed by atoms with Gasteiger partial charge in [-0.3, -0.25) is 0 Å². The lowest BCUT2D eigenvalue weighted by Gasteiger charge is -2.15. The van der Waals surface area contributed by atoms with Gasteiger partial charge in [0.05, 0.1) is 24.6 Å². The summed E-state index contributed by atoms with van der Waals surface area (Å²) in [6.07, 6.45) is 9.60. The van der Waals surface area contributed by atoms with Crippen molar-refractivity contribution < 1.29 is 43.7 Å². The van der Waals surface area contributed by atoms with Crippen LogP contribution in [0.5, 0.6) is 0 Å². The number of hydrogen-bond donors (Lipinski definition) is 2. The monoisotopic (exact) mass is 1210 g/mol. The number of fused-ring (bicyclic) bond motifs is 2. The van der Waals surface area contributed by atoms with Crippen LogP contribution in [0.3, 0.4) is 0 Å². The van der Waals surface area contributed by atoms with Crippen LogP contribution in [0.1, 0.15) is 36.8 Å². The molecule has 6 aromatic heterocycles. The van der Waals surface area contributed by atoms with E-state index in [9.17, 15) is 33.7 Å². The lowest BCUT2D eigenvalue weighted by atomic mass is 9.83. The van der Waals surface area contributed by atoms with Gasteiger partial charge >= 0.3 is 7.12 Å². The van der Waals surface area contributed by atoms with Gasteiger partial charge in [-0.2, -0.15) is 31.3 Å². The first-order valence-corrected chi connectivity index (χ1v) is 33.2. The maximum atomic E-state index is 13.8. The molecule has 0 unspecified atom stereocenters. The molecule has 80 heavy (non-hydrogen) atoms. The molecule has 2 saturated heterocycles. The van der Waals surface area contributed by atoms with Crippen LogP contribution in [-0.2, 0) is 40.1 Å². The van der Waals surface area contributed by atoms with E-state index in [1.807, 2.05) is 36.7 Å². The van der Waals surface area contributed by atoms with Gasteiger partial charge in [0.15, 0.2) is 11.3 Å². The van der Waals surface area contributed by atoms with Crippen LogP contribution in [0, 0.1) is 13.8 Å². The van der Waals surface area contributed by atoms with E-state index in [-0.39, 0.29) is 25.2 Å². The number of rotatable bonds is 12. The summed E-state index contributed by atoms with van der Waals surface area (Å²) < 4.78 is 112. The molecule has 412 valence electrons. The van der Waals surface area contributed by atoms with Gasteiger partial charge in [-0.1, -0.05) is 77.3 Å². The molecule has 24 heteroatoms. The summed E-state index contributed by atoms with van der Waals surface area (Å²) in [7, 11) is -16.3. The first-order chi connectivity index (χ1) is 38.3. The lowest BCUT2D eigenvalue weighted by Crippen LogP contribution is -2.27. The van der Waals surface area contributed by atoms with Crippen molar-refractivity contribution in [3.63, 3.8) is 0 Å². The average Bonchev–Trinajstić information content (AvgIpc) is 4.34. The third-order valence-electron chi connectivity index (χ3n) is 13.8. The molecule has 0 radical (unpaired) electrons. The van der Waals surface area contributed by atoms with Crippen molar-refractivity contribution in [2.45, 2.75) is 59.1 Å². The van der Waals surface area contributed by atoms with Crippen molar-refractivity contribution in [2.24, 2.45) is 0 Å². The highest BCUT2D eigenvalue weighted by Crippen LogP contribution is 2.41. The molecule has 0 bridgehead atoms. The zero-order valence-corrected chi connectivity index (χ0v) is 48.7. The fourth-order valence-electron chi connectivity index (χ4n) is 9.51. The van der Waals surface area contributed by atoms with Crippen molar-refractivity contribution >= 4 is 109 Å². The third kappa shape index (κ3) is 11.3. The minimum atomic E-state index is -3.94. The predicted molar refractivity (Wildman–Crippen MR) is 316 cm³/mol. The second kappa shape index (κ2) is 23.3. The number of nitrogens with zero attached hydrogens (tertiary/aromatic N) is 6. The Kier molecular flexibility index (Phi) is 16.5. The van der Waals surface area contributed by atoms with E-state index >= 15 is 0 Å². The Balaban J connectivity index is 0.000000159. The molecular weight excluding hydrogens is 1160 g/mol. The molecule has 10 aromatic rings. The molecule has 12 rings (SSSR count). The van der Waals surface area contributed by atoms with E-state index in [4.69, 9.17) is 21.6 Å². The number of thiophene rings is 2. The third-order valence-corrected chi connectivity index (χ3v) is 22.7. The molecule has 0 saturated carbocycles. The number of sulfonamides is 2. The molecule has 0 spiro atoms. The fourth-order valence-corrected chi connectivity index (χ4v) is 16.8. The standard InChI is InChI=1S/C28H25N3O4S3.C24H22ClN3O4S2.C4H5BO2S/c1-20-4-8-24(9-5-20)38(34,35)31-18-26(27-25(12-14-29-28(27)31)22-13-17-36-19-22)21-6-10-23(11-7-21)37(32,33)30-15-2-3-16-30;1-17-4-8-20(9-5-17)34(31,32)28-16-21(23-22(25)12-13-26-24(23)28)18-6-10-19(11-7-18)33(29,30)27-14-2-3-15-27;6-5(7)4-1-2-8-3-4/h4-14,17-19H,2-3,15-16H2,1H3;4-13,16H,2-3,14-15H2,1H3;1-3,6-7H. The van der Waals surface area contributed by atoms with Crippen molar-refractivity contribution in [3.05, 3.63) is 184 Å². The van der Waals surface area contributed by atoms with E-state index in [2.05, 4.69) is 9.97 Å². The van der Waals surface area contributed by atoms with Crippen LogP contribution < -0.4 is 5.46 Å². The van der Waals surface area contributed by atoms with Crippen molar-refractivity contribution in [1.29, 1.82) is 0 Å². The van der Waals surface area contributed by atoms with Gasteiger partial charge < -0.3 is 10.0 Å². The molecule has 2 aliphatic heterocycles. The minimum absolute atomic E-state index is 0.135. The number of benzene rings is 4. The molecule has 0 aliphatic carbocycles. The Bertz CT molecular complexity index is 4300. The summed E-state index contributed by atoms with van der Waals surface area (Å²) in [5, 5.41) is 26.0. The summed E-state index contributed by atoms with van der Waals surface area (Å²) in [5.74, 6) is 0. The summed E-state index contributed by atoms with van der Waals surface area (Å²) in [6, 6.07) is 33.6. The number of pyridine rings is 2. The molecule has 2 aliphatic rings. The maximum Gasteiger partial charge on any atom is 0.489 e. The smallest absolute Gasteiger partial charge is 0.423 e. The van der Waals surface area contributed by atoms with E-state index < -0.39 is 47.2 Å². The van der Waals surface area contributed by atoms with Crippen molar-refractivity contribution in [1.82, 2.24) is 26.5 Å². The Hall–Kier alpha value is -6.35. The highest BCUT2D eigenvalue weighted by molar-refractivity contribution is 7.90. The lowest BCUT2D eigenvalue weighted by molar-refractivity contribution is 0.426. The molecule has 16 nitrogen and oxygen atoms in total. The molecule has 2 N–H and O–H groups in total. The summed E-state index contributed by atoms with van der Waals surface area (Å²) in [4.78, 5) is 9.55. The van der Waals surface area contributed by atoms with Crippen molar-refractivity contribution in [3.8, 4) is 33.4 Å². The van der Waals surface area contributed by atoms with E-state index in [1.54, 1.807) is 144 Å². The fraction of sp³-hybridized carbons (Fsp3) is 0.179. The van der Waals surface area contributed by atoms with Gasteiger partial charge in [-0.15, -0.1) is 0 Å². The maximum absolute atomic E-state index is 13.8. The Morgan fingerprint density at radius 3 is 1.27 bits per heavy atom. The molecule has 0 atom stereocenters. The van der Waals surface area contributed by atoms with E-state index in [1.165, 1.54) is 36.3 Å². The first kappa shape index (κ1) is 56.9. The zero-order chi connectivity index (χ0) is 56.6. The minimum Gasteiger partial charge on any atom is -0.423 e. The van der Waals surface area contributed by atoms with E-state index in [0.717, 1.165) is 51.9 Å². The van der Waals surface area contributed by atoms with Gasteiger partial charge in [-0.25, -0.2) is 51.6 Å². The normalized spacial score (nSPS) is 14.5. The van der Waals surface area contributed by atoms with Crippen LogP contribution in [0.2, 0.25) is 5.02 Å². The van der Waals surface area contributed by atoms with Gasteiger partial charge in [0.1, 0.15) is 0 Å². The summed E-state index contributed by atoms with van der Waals surface area (Å²) in [5.41, 5.74) is 7.37. The molecule has 4 aromatic carbocycles. The SMILES string of the molecule is Cc1ccc(S(=O)(=O)n2cc(-c3ccc(S(=O)(=O)N4CCCC4)cc3)c3c(-c4ccsc4)ccnc32)cc1.Cc1ccc(S(=O)(=O)n2cc(-c3ccc(S(=O)(=O)N4CCCC4)cc3)c3c(Cl)ccnc32)cc1.OB(O)c1ccsc1. The quantitative estimate of drug-likeness (QED) is 0.109. The molecule has 2 fully saturated rings. The van der Waals surface area contributed by atoms with Gasteiger partial charge in [-0.05, 0) is 155 Å². The highest BCUT2D eigenvalue weighted by atomic mass is 35.5. The predicted octanol–water partition coefficient (Wildman–Crippen LogP) is 9.88. The number of aryl methyl sites for hydroxylation is 2. The average molecular weight is 1210 g/mol. The zero-order valence-electron chi connectivity index (χ0n) is 43.1. The van der Waals surface area contributed by atoms with Crippen LogP contribution >= 0.6 is 34.3 Å². The van der Waals surface area contributed by atoms with E-state index in [0.29, 0.717) is 75.3 Å². The van der Waals surface area contributed by atoms with Gasteiger partial charge in [0.2, 0.25) is 20.0 Å². The van der Waals surface area contributed by atoms with Crippen LogP contribution in [0.25, 0.3) is 55.4 Å². The van der Waals surface area contributed by atoms with Gasteiger partial charge in [0, 0.05) is 72.9 Å². The second-order valence-electron chi connectivity index (χ2n) is 19.1. The second-order valence-corrected chi connectivity index (χ2v) is 28.5. The first-order valence-electron chi connectivity index (χ1n) is 25.2.